The number of allylic oxidation sites excluding steroid dienone is 1. The van der Waals surface area contributed by atoms with E-state index < -0.39 is 0 Å². The summed E-state index contributed by atoms with van der Waals surface area (Å²) in [5.74, 6) is 0.413. The average molecular weight is 251 g/mol. The van der Waals surface area contributed by atoms with Crippen LogP contribution >= 0.6 is 0 Å². The zero-order valence-electron chi connectivity index (χ0n) is 10.3. The molecule has 1 aromatic carbocycles. The Bertz CT molecular complexity index is 715. The highest BCUT2D eigenvalue weighted by atomic mass is 15.1. The van der Waals surface area contributed by atoms with Gasteiger partial charge in [0, 0.05) is 6.54 Å². The van der Waals surface area contributed by atoms with Crippen molar-refractivity contribution in [3.05, 3.63) is 54.6 Å². The molecule has 0 aliphatic heterocycles. The first kappa shape index (κ1) is 11.4. The van der Waals surface area contributed by atoms with E-state index in [1.165, 1.54) is 11.9 Å². The van der Waals surface area contributed by atoms with E-state index >= 15 is 0 Å². The van der Waals surface area contributed by atoms with E-state index in [-0.39, 0.29) is 0 Å². The molecule has 0 fully saturated rings. The van der Waals surface area contributed by atoms with Gasteiger partial charge in [-0.2, -0.15) is 0 Å². The number of hydrogen-bond acceptors (Lipinski definition) is 4. The van der Waals surface area contributed by atoms with Gasteiger partial charge in [0.2, 0.25) is 0 Å². The Morgan fingerprint density at radius 1 is 1.11 bits per heavy atom. The lowest BCUT2D eigenvalue weighted by molar-refractivity contribution is 0.839. The number of nitrogens with zero attached hydrogens (tertiary/aromatic N) is 4. The highest BCUT2D eigenvalue weighted by molar-refractivity contribution is 5.81. The van der Waals surface area contributed by atoms with Crippen molar-refractivity contribution in [2.75, 3.05) is 5.73 Å². The zero-order valence-corrected chi connectivity index (χ0v) is 10.3. The van der Waals surface area contributed by atoms with Crippen molar-refractivity contribution in [1.82, 2.24) is 19.5 Å². The fourth-order valence-corrected chi connectivity index (χ4v) is 1.90. The van der Waals surface area contributed by atoms with E-state index in [4.69, 9.17) is 5.73 Å². The minimum absolute atomic E-state index is 0.413. The van der Waals surface area contributed by atoms with Crippen LogP contribution in [-0.2, 0) is 6.54 Å². The lowest BCUT2D eigenvalue weighted by atomic mass is 10.2. The van der Waals surface area contributed by atoms with Gasteiger partial charge in [0.1, 0.15) is 11.8 Å². The molecule has 0 aliphatic rings. The third-order valence-corrected chi connectivity index (χ3v) is 2.84. The van der Waals surface area contributed by atoms with Gasteiger partial charge in [0.15, 0.2) is 11.5 Å². The number of benzene rings is 1. The molecule has 0 atom stereocenters. The molecule has 2 heterocycles. The molecule has 5 nitrogen and oxygen atoms in total. The first-order valence-corrected chi connectivity index (χ1v) is 5.97. The largest absolute Gasteiger partial charge is 0.382 e. The van der Waals surface area contributed by atoms with Crippen molar-refractivity contribution in [1.29, 1.82) is 0 Å². The molecule has 94 valence electrons. The third-order valence-electron chi connectivity index (χ3n) is 2.84. The second-order valence-electron chi connectivity index (χ2n) is 4.14. The van der Waals surface area contributed by atoms with Crippen molar-refractivity contribution in [2.24, 2.45) is 0 Å². The lowest BCUT2D eigenvalue weighted by Crippen LogP contribution is -1.97. The Morgan fingerprint density at radius 2 is 1.95 bits per heavy atom. The summed E-state index contributed by atoms with van der Waals surface area (Å²) in [7, 11) is 0. The standard InChI is InChI=1S/C14H13N5/c15-13-12-14(17-9-16-13)19(10-18-12)8-4-7-11-5-2-1-3-6-11/h1-7,9-10H,8H2,(H2,15,16,17)/b7-4+. The Morgan fingerprint density at radius 3 is 2.79 bits per heavy atom. The predicted octanol–water partition coefficient (Wildman–Crippen LogP) is 2.12. The lowest BCUT2D eigenvalue weighted by Gasteiger charge is -1.99. The van der Waals surface area contributed by atoms with E-state index in [0.717, 1.165) is 5.65 Å². The Kier molecular flexibility index (Phi) is 2.94. The Labute approximate surface area is 110 Å². The molecule has 0 aliphatic carbocycles. The van der Waals surface area contributed by atoms with Gasteiger partial charge in [0.05, 0.1) is 6.33 Å². The summed E-state index contributed by atoms with van der Waals surface area (Å²) in [6.45, 7) is 0.696. The van der Waals surface area contributed by atoms with Crippen LogP contribution in [0, 0.1) is 0 Å². The van der Waals surface area contributed by atoms with Crippen LogP contribution in [0.3, 0.4) is 0 Å². The van der Waals surface area contributed by atoms with Crippen molar-refractivity contribution in [3.8, 4) is 0 Å². The fourth-order valence-electron chi connectivity index (χ4n) is 1.90. The normalized spacial score (nSPS) is 11.4. The third kappa shape index (κ3) is 2.30. The number of imidazole rings is 1. The summed E-state index contributed by atoms with van der Waals surface area (Å²) in [4.78, 5) is 12.3. The van der Waals surface area contributed by atoms with Crippen LogP contribution in [-0.4, -0.2) is 19.5 Å². The van der Waals surface area contributed by atoms with Crippen molar-refractivity contribution in [3.63, 3.8) is 0 Å². The highest BCUT2D eigenvalue weighted by Gasteiger charge is 2.05. The second-order valence-corrected chi connectivity index (χ2v) is 4.14. The van der Waals surface area contributed by atoms with Crippen LogP contribution in [0.1, 0.15) is 5.56 Å². The van der Waals surface area contributed by atoms with Gasteiger partial charge in [-0.05, 0) is 5.56 Å². The number of aromatic nitrogens is 4. The topological polar surface area (TPSA) is 69.6 Å². The number of nitrogen functional groups attached to an aromatic ring is 1. The molecule has 0 radical (unpaired) electrons. The van der Waals surface area contributed by atoms with Crippen LogP contribution in [0.25, 0.3) is 17.2 Å². The van der Waals surface area contributed by atoms with Gasteiger partial charge in [-0.25, -0.2) is 15.0 Å². The summed E-state index contributed by atoms with van der Waals surface area (Å²) in [6, 6.07) is 10.1. The Hall–Kier alpha value is -2.69. The van der Waals surface area contributed by atoms with E-state index in [1.54, 1.807) is 6.33 Å². The zero-order chi connectivity index (χ0) is 13.1. The van der Waals surface area contributed by atoms with Gasteiger partial charge in [-0.1, -0.05) is 42.5 Å². The molecule has 0 amide bonds. The van der Waals surface area contributed by atoms with Gasteiger partial charge >= 0.3 is 0 Å². The number of anilines is 1. The monoisotopic (exact) mass is 251 g/mol. The molecule has 2 N–H and O–H groups in total. The van der Waals surface area contributed by atoms with Crippen molar-refractivity contribution < 1.29 is 0 Å². The SMILES string of the molecule is Nc1ncnc2c1ncn2C/C=C/c1ccccc1. The molecular formula is C14H13N5. The molecule has 19 heavy (non-hydrogen) atoms. The molecule has 3 rings (SSSR count). The van der Waals surface area contributed by atoms with Gasteiger partial charge < -0.3 is 10.3 Å². The number of hydrogen-bond donors (Lipinski definition) is 1. The summed E-state index contributed by atoms with van der Waals surface area (Å²) in [5, 5.41) is 0. The predicted molar refractivity (Wildman–Crippen MR) is 75.2 cm³/mol. The van der Waals surface area contributed by atoms with Crippen LogP contribution in [0.5, 0.6) is 0 Å². The fraction of sp³-hybridized carbons (Fsp3) is 0.0714. The van der Waals surface area contributed by atoms with Gasteiger partial charge in [-0.3, -0.25) is 0 Å². The van der Waals surface area contributed by atoms with E-state index in [1.807, 2.05) is 22.8 Å². The summed E-state index contributed by atoms with van der Waals surface area (Å²) < 4.78 is 1.94. The average Bonchev–Trinajstić information content (AvgIpc) is 2.85. The molecule has 0 saturated heterocycles. The molecule has 3 aromatic rings. The Balaban J connectivity index is 1.83. The van der Waals surface area contributed by atoms with Crippen LogP contribution in [0.4, 0.5) is 5.82 Å². The maximum Gasteiger partial charge on any atom is 0.165 e. The van der Waals surface area contributed by atoms with E-state index in [0.29, 0.717) is 17.9 Å². The van der Waals surface area contributed by atoms with E-state index in [2.05, 4.69) is 39.2 Å². The number of fused-ring (bicyclic) bond motifs is 1. The smallest absolute Gasteiger partial charge is 0.165 e. The molecule has 0 unspecified atom stereocenters. The van der Waals surface area contributed by atoms with Crippen LogP contribution in [0.15, 0.2) is 49.1 Å². The van der Waals surface area contributed by atoms with Crippen molar-refractivity contribution in [2.45, 2.75) is 6.54 Å². The quantitative estimate of drug-likeness (QED) is 0.774. The first-order valence-electron chi connectivity index (χ1n) is 5.97. The molecule has 0 bridgehead atoms. The van der Waals surface area contributed by atoms with Crippen LogP contribution < -0.4 is 5.73 Å². The maximum absolute atomic E-state index is 5.74. The highest BCUT2D eigenvalue weighted by Crippen LogP contribution is 2.14. The molecule has 0 saturated carbocycles. The first-order chi connectivity index (χ1) is 9.34. The molecule has 2 aromatic heterocycles. The van der Waals surface area contributed by atoms with Gasteiger partial charge in [-0.15, -0.1) is 0 Å². The van der Waals surface area contributed by atoms with Crippen molar-refractivity contribution >= 4 is 23.1 Å². The van der Waals surface area contributed by atoms with E-state index in [9.17, 15) is 0 Å². The van der Waals surface area contributed by atoms with Crippen LogP contribution in [0.2, 0.25) is 0 Å². The van der Waals surface area contributed by atoms with Gasteiger partial charge in [0.25, 0.3) is 0 Å². The second kappa shape index (κ2) is 4.89. The summed E-state index contributed by atoms with van der Waals surface area (Å²) in [6.07, 6.45) is 7.31. The molecule has 5 heteroatoms. The summed E-state index contributed by atoms with van der Waals surface area (Å²) in [5.41, 5.74) is 8.32. The maximum atomic E-state index is 5.74. The minimum Gasteiger partial charge on any atom is -0.382 e. The summed E-state index contributed by atoms with van der Waals surface area (Å²) >= 11 is 0. The number of rotatable bonds is 3. The minimum atomic E-state index is 0.413. The number of nitrogens with two attached hydrogens (primary N) is 1. The molecular weight excluding hydrogens is 238 g/mol. The molecule has 0 spiro atoms.